The van der Waals surface area contributed by atoms with Gasteiger partial charge in [-0.15, -0.1) is 0 Å². The quantitative estimate of drug-likeness (QED) is 0.916. The Hall–Kier alpha value is -2.15. The second-order valence-corrected chi connectivity index (χ2v) is 6.36. The predicted molar refractivity (Wildman–Crippen MR) is 86.1 cm³/mol. The predicted octanol–water partition coefficient (Wildman–Crippen LogP) is 2.40. The molecule has 0 aromatic carbocycles. The van der Waals surface area contributed by atoms with Gasteiger partial charge in [0, 0.05) is 44.7 Å². The van der Waals surface area contributed by atoms with Crippen LogP contribution >= 0.6 is 0 Å². The summed E-state index contributed by atoms with van der Waals surface area (Å²) in [4.78, 5) is 17.8. The Balaban J connectivity index is 1.61. The molecule has 1 amide bonds. The van der Waals surface area contributed by atoms with Crippen LogP contribution in [-0.4, -0.2) is 38.7 Å². The highest BCUT2D eigenvalue weighted by atomic mass is 16.3. The lowest BCUT2D eigenvalue weighted by atomic mass is 10.1. The molecule has 3 rings (SSSR count). The number of oxazole rings is 1. The third-order valence-electron chi connectivity index (χ3n) is 4.10. The highest BCUT2D eigenvalue weighted by molar-refractivity contribution is 5.87. The summed E-state index contributed by atoms with van der Waals surface area (Å²) in [5.41, 5.74) is 1.03. The highest BCUT2D eigenvalue weighted by Gasteiger charge is 2.26. The number of nitrogens with zero attached hydrogens (tertiary/aromatic N) is 4. The SMILES string of the molecule is CC(=O)Nc1ccn([C@@H]2CCN(Cc3ncoc3C(C)C)C2)n1. The van der Waals surface area contributed by atoms with Gasteiger partial charge in [-0.3, -0.25) is 14.4 Å². The maximum Gasteiger partial charge on any atom is 0.222 e. The van der Waals surface area contributed by atoms with Gasteiger partial charge in [0.05, 0.1) is 11.7 Å². The van der Waals surface area contributed by atoms with E-state index in [1.165, 1.54) is 13.3 Å². The number of amides is 1. The Labute approximate surface area is 135 Å². The zero-order chi connectivity index (χ0) is 16.4. The van der Waals surface area contributed by atoms with Crippen LogP contribution in [0.4, 0.5) is 5.82 Å². The molecule has 0 radical (unpaired) electrons. The van der Waals surface area contributed by atoms with Gasteiger partial charge in [-0.1, -0.05) is 13.8 Å². The van der Waals surface area contributed by atoms with Crippen LogP contribution in [0.15, 0.2) is 23.1 Å². The maximum atomic E-state index is 11.1. The molecule has 2 aromatic heterocycles. The monoisotopic (exact) mass is 317 g/mol. The fraction of sp³-hybridized carbons (Fsp3) is 0.562. The van der Waals surface area contributed by atoms with Gasteiger partial charge >= 0.3 is 0 Å². The Morgan fingerprint density at radius 3 is 3.09 bits per heavy atom. The molecular formula is C16H23N5O2. The molecule has 2 aromatic rings. The van der Waals surface area contributed by atoms with Crippen LogP contribution in [0.2, 0.25) is 0 Å². The number of carbonyl (C=O) groups excluding carboxylic acids is 1. The average Bonchev–Trinajstić information content (AvgIpc) is 3.18. The molecule has 1 fully saturated rings. The fourth-order valence-corrected chi connectivity index (χ4v) is 3.04. The lowest BCUT2D eigenvalue weighted by Gasteiger charge is -2.16. The standard InChI is InChI=1S/C16H23N5O2/c1-11(2)16-14(17-10-23-16)9-20-6-4-13(8-20)21-7-5-15(19-21)18-12(3)22/h5,7,10-11,13H,4,6,8-9H2,1-3H3,(H,18,19,22)/t13-/m1/s1. The summed E-state index contributed by atoms with van der Waals surface area (Å²) < 4.78 is 7.43. The van der Waals surface area contributed by atoms with Gasteiger partial charge in [-0.25, -0.2) is 4.98 Å². The number of rotatable bonds is 5. The third-order valence-corrected chi connectivity index (χ3v) is 4.10. The van der Waals surface area contributed by atoms with Crippen molar-refractivity contribution in [3.05, 3.63) is 30.1 Å². The summed E-state index contributed by atoms with van der Waals surface area (Å²) >= 11 is 0. The molecule has 0 saturated carbocycles. The number of anilines is 1. The summed E-state index contributed by atoms with van der Waals surface area (Å²) in [6, 6.07) is 2.16. The van der Waals surface area contributed by atoms with Crippen LogP contribution in [0.25, 0.3) is 0 Å². The summed E-state index contributed by atoms with van der Waals surface area (Å²) in [5, 5.41) is 7.14. The van der Waals surface area contributed by atoms with Gasteiger partial charge in [0.1, 0.15) is 5.76 Å². The van der Waals surface area contributed by atoms with E-state index in [2.05, 4.69) is 34.1 Å². The van der Waals surface area contributed by atoms with Gasteiger partial charge in [0.15, 0.2) is 12.2 Å². The summed E-state index contributed by atoms with van der Waals surface area (Å²) in [6.07, 6.45) is 4.50. The van der Waals surface area contributed by atoms with Crippen molar-refractivity contribution in [1.82, 2.24) is 19.7 Å². The maximum absolute atomic E-state index is 11.1. The molecule has 0 bridgehead atoms. The van der Waals surface area contributed by atoms with E-state index in [1.54, 1.807) is 0 Å². The Kier molecular flexibility index (Phi) is 4.47. The van der Waals surface area contributed by atoms with Crippen LogP contribution in [0.1, 0.15) is 50.6 Å². The summed E-state index contributed by atoms with van der Waals surface area (Å²) in [6.45, 7) is 8.45. The van der Waals surface area contributed by atoms with E-state index in [0.29, 0.717) is 17.8 Å². The van der Waals surface area contributed by atoms with Crippen molar-refractivity contribution >= 4 is 11.7 Å². The first kappa shape index (κ1) is 15.7. The molecule has 1 aliphatic rings. The highest BCUT2D eigenvalue weighted by Crippen LogP contribution is 2.25. The number of nitrogens with one attached hydrogen (secondary N) is 1. The normalized spacial score (nSPS) is 18.7. The molecule has 0 aliphatic carbocycles. The van der Waals surface area contributed by atoms with Crippen molar-refractivity contribution in [2.75, 3.05) is 18.4 Å². The van der Waals surface area contributed by atoms with Crippen molar-refractivity contribution in [1.29, 1.82) is 0 Å². The average molecular weight is 317 g/mol. The molecular weight excluding hydrogens is 294 g/mol. The lowest BCUT2D eigenvalue weighted by Crippen LogP contribution is -2.22. The molecule has 7 nitrogen and oxygen atoms in total. The van der Waals surface area contributed by atoms with E-state index in [0.717, 1.165) is 37.5 Å². The second kappa shape index (κ2) is 6.54. The van der Waals surface area contributed by atoms with E-state index in [1.807, 2.05) is 16.9 Å². The molecule has 1 saturated heterocycles. The van der Waals surface area contributed by atoms with Crippen LogP contribution < -0.4 is 5.32 Å². The van der Waals surface area contributed by atoms with Crippen molar-refractivity contribution in [3.8, 4) is 0 Å². The molecule has 3 heterocycles. The molecule has 0 unspecified atom stereocenters. The van der Waals surface area contributed by atoms with E-state index in [4.69, 9.17) is 4.42 Å². The lowest BCUT2D eigenvalue weighted by molar-refractivity contribution is -0.114. The molecule has 1 atom stereocenters. The molecule has 7 heteroatoms. The van der Waals surface area contributed by atoms with Crippen LogP contribution in [0.5, 0.6) is 0 Å². The fourth-order valence-electron chi connectivity index (χ4n) is 3.04. The molecule has 0 spiro atoms. The smallest absolute Gasteiger partial charge is 0.222 e. The van der Waals surface area contributed by atoms with Crippen molar-refractivity contribution in [3.63, 3.8) is 0 Å². The summed E-state index contributed by atoms with van der Waals surface area (Å²) in [5.74, 6) is 1.82. The van der Waals surface area contributed by atoms with Gasteiger partial charge in [0.2, 0.25) is 5.91 Å². The Bertz CT molecular complexity index is 676. The Morgan fingerprint density at radius 2 is 2.35 bits per heavy atom. The minimum Gasteiger partial charge on any atom is -0.448 e. The molecule has 23 heavy (non-hydrogen) atoms. The Morgan fingerprint density at radius 1 is 1.52 bits per heavy atom. The third kappa shape index (κ3) is 3.61. The van der Waals surface area contributed by atoms with Crippen molar-refractivity contribution in [2.24, 2.45) is 0 Å². The van der Waals surface area contributed by atoms with Crippen LogP contribution in [-0.2, 0) is 11.3 Å². The number of hydrogen-bond acceptors (Lipinski definition) is 5. The van der Waals surface area contributed by atoms with Crippen LogP contribution in [0.3, 0.4) is 0 Å². The number of likely N-dealkylation sites (tertiary alicyclic amines) is 1. The van der Waals surface area contributed by atoms with E-state index in [-0.39, 0.29) is 5.91 Å². The van der Waals surface area contributed by atoms with Crippen molar-refractivity contribution in [2.45, 2.75) is 45.7 Å². The minimum absolute atomic E-state index is 0.101. The van der Waals surface area contributed by atoms with Crippen molar-refractivity contribution < 1.29 is 9.21 Å². The molecule has 124 valence electrons. The first-order valence-electron chi connectivity index (χ1n) is 8.00. The van der Waals surface area contributed by atoms with Gasteiger partial charge < -0.3 is 9.73 Å². The van der Waals surface area contributed by atoms with E-state index < -0.39 is 0 Å². The van der Waals surface area contributed by atoms with Gasteiger partial charge in [-0.2, -0.15) is 5.10 Å². The number of hydrogen-bond donors (Lipinski definition) is 1. The topological polar surface area (TPSA) is 76.2 Å². The summed E-state index contributed by atoms with van der Waals surface area (Å²) in [7, 11) is 0. The number of carbonyl (C=O) groups is 1. The van der Waals surface area contributed by atoms with Gasteiger partial charge in [-0.05, 0) is 6.42 Å². The zero-order valence-electron chi connectivity index (χ0n) is 13.8. The molecule has 1 aliphatic heterocycles. The molecule has 1 N–H and O–H groups in total. The first-order valence-corrected chi connectivity index (χ1v) is 8.00. The van der Waals surface area contributed by atoms with E-state index in [9.17, 15) is 4.79 Å². The first-order chi connectivity index (χ1) is 11.0. The second-order valence-electron chi connectivity index (χ2n) is 6.36. The largest absolute Gasteiger partial charge is 0.448 e. The number of aromatic nitrogens is 3. The van der Waals surface area contributed by atoms with Gasteiger partial charge in [0.25, 0.3) is 0 Å². The van der Waals surface area contributed by atoms with Crippen LogP contribution in [0, 0.1) is 0 Å². The van der Waals surface area contributed by atoms with E-state index >= 15 is 0 Å². The minimum atomic E-state index is -0.101. The zero-order valence-corrected chi connectivity index (χ0v) is 13.8.